The molecule has 0 aliphatic rings. The molecule has 1 atom stereocenters. The van der Waals surface area contributed by atoms with Gasteiger partial charge in [0.15, 0.2) is 0 Å². The summed E-state index contributed by atoms with van der Waals surface area (Å²) in [6.07, 6.45) is 1.30. The van der Waals surface area contributed by atoms with Gasteiger partial charge in [0.25, 0.3) is 0 Å². The number of likely N-dealkylation sites (N-methyl/N-ethyl adjacent to an activating group) is 1. The Kier molecular flexibility index (Phi) is 10.2. The predicted octanol–water partition coefficient (Wildman–Crippen LogP) is 4.84. The topological polar surface area (TPSA) is 86.8 Å². The Labute approximate surface area is 234 Å². The number of nitrogens with zero attached hydrogens (tertiary/aromatic N) is 2. The minimum Gasteiger partial charge on any atom is -0.355 e. The highest BCUT2D eigenvalue weighted by molar-refractivity contribution is 7.92. The lowest BCUT2D eigenvalue weighted by Crippen LogP contribution is -2.53. The van der Waals surface area contributed by atoms with Crippen LogP contribution in [0.2, 0.25) is 10.0 Å². The molecule has 0 unspecified atom stereocenters. The zero-order chi connectivity index (χ0) is 27.9. The van der Waals surface area contributed by atoms with Gasteiger partial charge in [-0.15, -0.1) is 0 Å². The maximum absolute atomic E-state index is 14.0. The first-order valence-electron chi connectivity index (χ1n) is 12.1. The maximum Gasteiger partial charge on any atom is 0.244 e. The minimum absolute atomic E-state index is 0.0235. The molecule has 0 aliphatic carbocycles. The summed E-state index contributed by atoms with van der Waals surface area (Å²) in [4.78, 5) is 28.7. The molecule has 0 aromatic heterocycles. The van der Waals surface area contributed by atoms with Crippen LogP contribution < -0.4 is 9.62 Å². The van der Waals surface area contributed by atoms with Gasteiger partial charge in [0.05, 0.1) is 22.0 Å². The number of hydrogen-bond acceptors (Lipinski definition) is 4. The second kappa shape index (κ2) is 13.1. The van der Waals surface area contributed by atoms with Crippen molar-refractivity contribution in [3.05, 3.63) is 99.5 Å². The lowest BCUT2D eigenvalue weighted by molar-refractivity contribution is -0.140. The Morgan fingerprint density at radius 1 is 0.921 bits per heavy atom. The molecule has 1 N–H and O–H groups in total. The van der Waals surface area contributed by atoms with Gasteiger partial charge in [-0.3, -0.25) is 13.9 Å². The summed E-state index contributed by atoms with van der Waals surface area (Å²) in [5.74, 6) is -0.872. The van der Waals surface area contributed by atoms with E-state index in [2.05, 4.69) is 5.32 Å². The molecule has 0 saturated carbocycles. The number of anilines is 1. The molecule has 0 aliphatic heterocycles. The van der Waals surface area contributed by atoms with Gasteiger partial charge in [-0.05, 0) is 48.7 Å². The van der Waals surface area contributed by atoms with Gasteiger partial charge in [0.1, 0.15) is 12.6 Å². The lowest BCUT2D eigenvalue weighted by atomic mass is 10.0. The Morgan fingerprint density at radius 2 is 1.58 bits per heavy atom. The summed E-state index contributed by atoms with van der Waals surface area (Å²) >= 11 is 12.3. The highest BCUT2D eigenvalue weighted by Crippen LogP contribution is 2.26. The van der Waals surface area contributed by atoms with Crippen LogP contribution >= 0.6 is 23.2 Å². The molecular formula is C28H31Cl2N3O4S. The van der Waals surface area contributed by atoms with Crippen molar-refractivity contribution in [2.45, 2.75) is 32.9 Å². The average molecular weight is 577 g/mol. The molecule has 0 radical (unpaired) electrons. The van der Waals surface area contributed by atoms with Crippen molar-refractivity contribution in [1.82, 2.24) is 10.2 Å². The van der Waals surface area contributed by atoms with E-state index in [0.29, 0.717) is 33.4 Å². The maximum atomic E-state index is 14.0. The summed E-state index contributed by atoms with van der Waals surface area (Å²) in [5.41, 5.74) is 2.60. The molecule has 10 heteroatoms. The van der Waals surface area contributed by atoms with Gasteiger partial charge >= 0.3 is 0 Å². The van der Waals surface area contributed by atoms with Crippen molar-refractivity contribution >= 4 is 50.7 Å². The first-order chi connectivity index (χ1) is 18.0. The normalized spacial score (nSPS) is 12.0. The van der Waals surface area contributed by atoms with Crippen molar-refractivity contribution in [2.24, 2.45) is 0 Å². The summed E-state index contributed by atoms with van der Waals surface area (Å²) in [5, 5.41) is 3.49. The van der Waals surface area contributed by atoms with Crippen LogP contribution in [0.25, 0.3) is 0 Å². The van der Waals surface area contributed by atoms with Gasteiger partial charge in [-0.25, -0.2) is 8.42 Å². The number of halogens is 2. The van der Waals surface area contributed by atoms with Crippen LogP contribution in [0, 0.1) is 6.92 Å². The second-order valence-electron chi connectivity index (χ2n) is 8.93. The molecule has 0 bridgehead atoms. The fourth-order valence-corrected chi connectivity index (χ4v) is 5.35. The number of sulfonamides is 1. The number of aryl methyl sites for hydroxylation is 1. The van der Waals surface area contributed by atoms with Crippen LogP contribution in [-0.4, -0.2) is 50.5 Å². The zero-order valence-electron chi connectivity index (χ0n) is 21.5. The Balaban J connectivity index is 2.07. The standard InChI is InChI=1S/C28H31Cl2N3O4S/c1-4-31-28(35)26(17-21-11-6-5-7-12-21)32(18-22-14-15-23(29)24(30)16-22)27(34)19-33(38(3,36)37)25-13-9-8-10-20(25)2/h5-16,26H,4,17-19H2,1-3H3,(H,31,35)/t26-/m0/s1. The number of hydrogen-bond donors (Lipinski definition) is 1. The van der Waals surface area contributed by atoms with Crippen molar-refractivity contribution in [3.63, 3.8) is 0 Å². The van der Waals surface area contributed by atoms with Gasteiger partial charge in [-0.1, -0.05) is 77.8 Å². The minimum atomic E-state index is -3.82. The molecule has 7 nitrogen and oxygen atoms in total. The molecule has 38 heavy (non-hydrogen) atoms. The summed E-state index contributed by atoms with van der Waals surface area (Å²) < 4.78 is 26.7. The van der Waals surface area contributed by atoms with E-state index in [-0.39, 0.29) is 18.9 Å². The Bertz CT molecular complexity index is 1380. The quantitative estimate of drug-likeness (QED) is 0.354. The molecule has 3 aromatic carbocycles. The molecule has 3 aromatic rings. The third-order valence-electron chi connectivity index (χ3n) is 6.02. The van der Waals surface area contributed by atoms with Crippen LogP contribution in [0.3, 0.4) is 0 Å². The third-order valence-corrected chi connectivity index (χ3v) is 7.89. The summed E-state index contributed by atoms with van der Waals surface area (Å²) in [6, 6.07) is 20.4. The van der Waals surface area contributed by atoms with E-state index in [1.54, 1.807) is 56.3 Å². The lowest BCUT2D eigenvalue weighted by Gasteiger charge is -2.33. The van der Waals surface area contributed by atoms with E-state index in [4.69, 9.17) is 23.2 Å². The van der Waals surface area contributed by atoms with E-state index in [1.165, 1.54) is 4.90 Å². The molecule has 0 heterocycles. The van der Waals surface area contributed by atoms with Crippen LogP contribution in [-0.2, 0) is 32.6 Å². The smallest absolute Gasteiger partial charge is 0.244 e. The van der Waals surface area contributed by atoms with Crippen LogP contribution in [0.5, 0.6) is 0 Å². The fraction of sp³-hybridized carbons (Fsp3) is 0.286. The highest BCUT2D eigenvalue weighted by atomic mass is 35.5. The Hall–Kier alpha value is -3.07. The molecule has 2 amide bonds. The van der Waals surface area contributed by atoms with Gasteiger partial charge in [0.2, 0.25) is 21.8 Å². The number of carbonyl (C=O) groups is 2. The Morgan fingerprint density at radius 3 is 2.18 bits per heavy atom. The van der Waals surface area contributed by atoms with E-state index >= 15 is 0 Å². The van der Waals surface area contributed by atoms with Gasteiger partial charge < -0.3 is 10.2 Å². The van der Waals surface area contributed by atoms with Gasteiger partial charge in [-0.2, -0.15) is 0 Å². The monoisotopic (exact) mass is 575 g/mol. The molecule has 0 spiro atoms. The van der Waals surface area contributed by atoms with Crippen molar-refractivity contribution in [1.29, 1.82) is 0 Å². The van der Waals surface area contributed by atoms with E-state index in [1.807, 2.05) is 30.3 Å². The van der Waals surface area contributed by atoms with Crippen molar-refractivity contribution in [2.75, 3.05) is 23.7 Å². The SMILES string of the molecule is CCNC(=O)[C@H](Cc1ccccc1)N(Cc1ccc(Cl)c(Cl)c1)C(=O)CN(c1ccccc1C)S(C)(=O)=O. The number of rotatable bonds is 11. The predicted molar refractivity (Wildman–Crippen MR) is 153 cm³/mol. The second-order valence-corrected chi connectivity index (χ2v) is 11.6. The summed E-state index contributed by atoms with van der Waals surface area (Å²) in [6.45, 7) is 3.49. The highest BCUT2D eigenvalue weighted by Gasteiger charge is 2.33. The fourth-order valence-electron chi connectivity index (χ4n) is 4.12. The van der Waals surface area contributed by atoms with Gasteiger partial charge in [0, 0.05) is 19.5 Å². The van der Waals surface area contributed by atoms with E-state index in [9.17, 15) is 18.0 Å². The molecule has 202 valence electrons. The summed E-state index contributed by atoms with van der Waals surface area (Å²) in [7, 11) is -3.82. The number of para-hydroxylation sites is 1. The van der Waals surface area contributed by atoms with E-state index < -0.39 is 28.5 Å². The number of nitrogens with one attached hydrogen (secondary N) is 1. The number of amides is 2. The largest absolute Gasteiger partial charge is 0.355 e. The number of carbonyl (C=O) groups excluding carboxylic acids is 2. The van der Waals surface area contributed by atoms with Crippen molar-refractivity contribution < 1.29 is 18.0 Å². The average Bonchev–Trinajstić information content (AvgIpc) is 2.87. The van der Waals surface area contributed by atoms with E-state index in [0.717, 1.165) is 16.1 Å². The molecular weight excluding hydrogens is 545 g/mol. The first kappa shape index (κ1) is 29.5. The van der Waals surface area contributed by atoms with Crippen LogP contribution in [0.15, 0.2) is 72.8 Å². The molecule has 3 rings (SSSR count). The first-order valence-corrected chi connectivity index (χ1v) is 14.7. The van der Waals surface area contributed by atoms with Crippen molar-refractivity contribution in [3.8, 4) is 0 Å². The molecule has 0 fully saturated rings. The number of benzene rings is 3. The zero-order valence-corrected chi connectivity index (χ0v) is 23.9. The molecule has 0 saturated heterocycles. The van der Waals surface area contributed by atoms with Crippen LogP contribution in [0.1, 0.15) is 23.6 Å². The van der Waals surface area contributed by atoms with Crippen LogP contribution in [0.4, 0.5) is 5.69 Å². The third kappa shape index (κ3) is 7.72.